The van der Waals surface area contributed by atoms with Crippen molar-refractivity contribution < 1.29 is 13.6 Å². The second kappa shape index (κ2) is 5.72. The third kappa shape index (κ3) is 2.61. The molecule has 2 nitrogen and oxygen atoms in total. The summed E-state index contributed by atoms with van der Waals surface area (Å²) in [6.45, 7) is 3.99. The van der Waals surface area contributed by atoms with Gasteiger partial charge < -0.3 is 0 Å². The number of benzene rings is 2. The van der Waals surface area contributed by atoms with Crippen LogP contribution in [-0.4, -0.2) is 11.7 Å². The fourth-order valence-electron chi connectivity index (χ4n) is 2.49. The lowest BCUT2D eigenvalue weighted by Gasteiger charge is -2.25. The van der Waals surface area contributed by atoms with Gasteiger partial charge in [-0.2, -0.15) is 0 Å². The molecule has 0 radical (unpaired) electrons. The van der Waals surface area contributed by atoms with Gasteiger partial charge in [0.15, 0.2) is 11.6 Å². The van der Waals surface area contributed by atoms with Crippen LogP contribution in [0.4, 0.5) is 14.5 Å². The lowest BCUT2D eigenvalue weighted by molar-refractivity contribution is -0.115. The molecule has 1 aliphatic rings. The highest BCUT2D eigenvalue weighted by Gasteiger charge is 2.34. The molecule has 0 saturated carbocycles. The van der Waals surface area contributed by atoms with E-state index < -0.39 is 11.6 Å². The molecular weight excluding hydrogens is 304 g/mol. The van der Waals surface area contributed by atoms with Crippen molar-refractivity contribution in [2.75, 3.05) is 10.7 Å². The van der Waals surface area contributed by atoms with Crippen LogP contribution < -0.4 is 4.90 Å². The van der Waals surface area contributed by atoms with Crippen molar-refractivity contribution in [3.05, 3.63) is 64.7 Å². The lowest BCUT2D eigenvalue weighted by atomic mass is 10.1. The molecule has 0 aromatic heterocycles. The number of anilines is 1. The van der Waals surface area contributed by atoms with E-state index in [1.807, 2.05) is 32.0 Å². The summed E-state index contributed by atoms with van der Waals surface area (Å²) in [6.07, 6.45) is 0. The summed E-state index contributed by atoms with van der Waals surface area (Å²) in [7, 11) is 0. The fraction of sp³-hybridized carbons (Fsp3) is 0.235. The molecule has 0 bridgehead atoms. The van der Waals surface area contributed by atoms with E-state index in [1.165, 1.54) is 23.9 Å². The first kappa shape index (κ1) is 15.0. The van der Waals surface area contributed by atoms with Crippen molar-refractivity contribution in [1.82, 2.24) is 0 Å². The van der Waals surface area contributed by atoms with Gasteiger partial charge in [0, 0.05) is 5.69 Å². The van der Waals surface area contributed by atoms with Gasteiger partial charge in [0.2, 0.25) is 5.91 Å². The molecule has 1 saturated heterocycles. The van der Waals surface area contributed by atoms with E-state index >= 15 is 0 Å². The summed E-state index contributed by atoms with van der Waals surface area (Å²) in [5.74, 6) is -1.47. The molecule has 0 unspecified atom stereocenters. The number of hydrogen-bond acceptors (Lipinski definition) is 2. The van der Waals surface area contributed by atoms with Crippen LogP contribution in [0.25, 0.3) is 0 Å². The van der Waals surface area contributed by atoms with Crippen molar-refractivity contribution in [2.45, 2.75) is 19.2 Å². The molecule has 0 spiro atoms. The minimum absolute atomic E-state index is 0.0250. The van der Waals surface area contributed by atoms with Crippen molar-refractivity contribution in [1.29, 1.82) is 0 Å². The Hall–Kier alpha value is -1.88. The van der Waals surface area contributed by atoms with Crippen LogP contribution in [0, 0.1) is 25.5 Å². The average molecular weight is 319 g/mol. The molecule has 2 aromatic carbocycles. The number of hydrogen-bond donors (Lipinski definition) is 0. The standard InChI is InChI=1S/C17H15F2NOS/c1-10-3-5-13(7-11(10)2)20-16(21)9-22-17(20)12-4-6-14(18)15(19)8-12/h3-8,17H,9H2,1-2H3/t17-/m0/s1. The molecule has 1 heterocycles. The Kier molecular flexibility index (Phi) is 3.91. The number of aryl methyl sites for hydroxylation is 2. The normalized spacial score (nSPS) is 18.1. The Morgan fingerprint density at radius 3 is 2.50 bits per heavy atom. The van der Waals surface area contributed by atoms with Crippen LogP contribution in [0.3, 0.4) is 0 Å². The third-order valence-corrected chi connectivity index (χ3v) is 5.08. The van der Waals surface area contributed by atoms with Crippen LogP contribution in [-0.2, 0) is 4.79 Å². The van der Waals surface area contributed by atoms with Crippen molar-refractivity contribution >= 4 is 23.4 Å². The molecule has 0 aliphatic carbocycles. The van der Waals surface area contributed by atoms with E-state index in [-0.39, 0.29) is 11.3 Å². The highest BCUT2D eigenvalue weighted by Crippen LogP contribution is 2.42. The van der Waals surface area contributed by atoms with Gasteiger partial charge >= 0.3 is 0 Å². The molecule has 1 amide bonds. The van der Waals surface area contributed by atoms with Gasteiger partial charge in [0.25, 0.3) is 0 Å². The van der Waals surface area contributed by atoms with Crippen molar-refractivity contribution in [2.24, 2.45) is 0 Å². The molecule has 114 valence electrons. The monoisotopic (exact) mass is 319 g/mol. The van der Waals surface area contributed by atoms with Gasteiger partial charge in [-0.25, -0.2) is 8.78 Å². The summed E-state index contributed by atoms with van der Waals surface area (Å²) in [4.78, 5) is 13.9. The van der Waals surface area contributed by atoms with Gasteiger partial charge in [0.05, 0.1) is 5.75 Å². The molecule has 1 fully saturated rings. The zero-order chi connectivity index (χ0) is 15.9. The van der Waals surface area contributed by atoms with Gasteiger partial charge in [-0.3, -0.25) is 9.69 Å². The molecule has 2 aromatic rings. The number of halogens is 2. The number of carbonyl (C=O) groups is 1. The highest BCUT2D eigenvalue weighted by atomic mass is 32.2. The topological polar surface area (TPSA) is 20.3 Å². The van der Waals surface area contributed by atoms with Crippen molar-refractivity contribution in [3.63, 3.8) is 0 Å². The van der Waals surface area contributed by atoms with Gasteiger partial charge in [-0.15, -0.1) is 11.8 Å². The third-order valence-electron chi connectivity index (χ3n) is 3.87. The molecule has 0 N–H and O–H groups in total. The zero-order valence-electron chi connectivity index (χ0n) is 12.3. The van der Waals surface area contributed by atoms with E-state index in [0.717, 1.165) is 22.9 Å². The van der Waals surface area contributed by atoms with Gasteiger partial charge in [-0.1, -0.05) is 12.1 Å². The second-order valence-corrected chi connectivity index (χ2v) is 6.44. The maximum Gasteiger partial charge on any atom is 0.238 e. The van der Waals surface area contributed by atoms with E-state index in [2.05, 4.69) is 0 Å². The number of rotatable bonds is 2. The predicted octanol–water partition coefficient (Wildman–Crippen LogP) is 4.36. The number of amides is 1. The number of nitrogens with zero attached hydrogens (tertiary/aromatic N) is 1. The van der Waals surface area contributed by atoms with Crippen LogP contribution in [0.5, 0.6) is 0 Å². The minimum atomic E-state index is -0.891. The number of carbonyl (C=O) groups excluding carboxylic acids is 1. The first-order chi connectivity index (χ1) is 10.5. The predicted molar refractivity (Wildman–Crippen MR) is 85.0 cm³/mol. The van der Waals surface area contributed by atoms with Crippen molar-refractivity contribution in [3.8, 4) is 0 Å². The Morgan fingerprint density at radius 1 is 1.05 bits per heavy atom. The molecule has 3 rings (SSSR count). The first-order valence-corrected chi connectivity index (χ1v) is 7.98. The Balaban J connectivity index is 2.01. The van der Waals surface area contributed by atoms with Crippen LogP contribution in [0.15, 0.2) is 36.4 Å². The highest BCUT2D eigenvalue weighted by molar-refractivity contribution is 8.00. The molecular formula is C17H15F2NOS. The van der Waals surface area contributed by atoms with Crippen LogP contribution in [0.2, 0.25) is 0 Å². The maximum absolute atomic E-state index is 13.5. The smallest absolute Gasteiger partial charge is 0.238 e. The fourth-order valence-corrected chi connectivity index (χ4v) is 3.66. The quantitative estimate of drug-likeness (QED) is 0.820. The minimum Gasteiger partial charge on any atom is -0.295 e. The van der Waals surface area contributed by atoms with Crippen LogP contribution >= 0.6 is 11.8 Å². The van der Waals surface area contributed by atoms with Crippen LogP contribution in [0.1, 0.15) is 22.1 Å². The Morgan fingerprint density at radius 2 is 1.82 bits per heavy atom. The second-order valence-electron chi connectivity index (χ2n) is 5.37. The number of thioether (sulfide) groups is 1. The molecule has 1 atom stereocenters. The summed E-state index contributed by atoms with van der Waals surface area (Å²) in [6, 6.07) is 9.60. The SMILES string of the molecule is Cc1ccc(N2C(=O)CS[C@H]2c2ccc(F)c(F)c2)cc1C. The zero-order valence-corrected chi connectivity index (χ0v) is 13.1. The van der Waals surface area contributed by atoms with E-state index in [0.29, 0.717) is 11.3 Å². The summed E-state index contributed by atoms with van der Waals surface area (Å²) < 4.78 is 26.6. The largest absolute Gasteiger partial charge is 0.295 e. The molecule has 22 heavy (non-hydrogen) atoms. The summed E-state index contributed by atoms with van der Waals surface area (Å²) >= 11 is 1.42. The average Bonchev–Trinajstić information content (AvgIpc) is 2.87. The Labute approximate surface area is 132 Å². The van der Waals surface area contributed by atoms with E-state index in [4.69, 9.17) is 0 Å². The Bertz CT molecular complexity index is 747. The first-order valence-electron chi connectivity index (χ1n) is 6.93. The lowest BCUT2D eigenvalue weighted by Crippen LogP contribution is -2.28. The van der Waals surface area contributed by atoms with Gasteiger partial charge in [-0.05, 0) is 54.8 Å². The molecule has 1 aliphatic heterocycles. The molecule has 5 heteroatoms. The summed E-state index contributed by atoms with van der Waals surface area (Å²) in [5, 5.41) is -0.329. The van der Waals surface area contributed by atoms with Gasteiger partial charge in [0.1, 0.15) is 5.37 Å². The summed E-state index contributed by atoms with van der Waals surface area (Å²) in [5.41, 5.74) is 3.61. The van der Waals surface area contributed by atoms with E-state index in [1.54, 1.807) is 4.90 Å². The van der Waals surface area contributed by atoms with E-state index in [9.17, 15) is 13.6 Å². The maximum atomic E-state index is 13.5.